The minimum absolute atomic E-state index is 0.458. The molecule has 8 nitrogen and oxygen atoms in total. The molecule has 3 heterocycles. The second-order valence-electron chi connectivity index (χ2n) is 19.5. The van der Waals surface area contributed by atoms with Crippen molar-refractivity contribution >= 4 is 29.1 Å². The van der Waals surface area contributed by atoms with Gasteiger partial charge >= 0.3 is 0 Å². The van der Waals surface area contributed by atoms with Crippen molar-refractivity contribution in [1.82, 2.24) is 20.4 Å². The van der Waals surface area contributed by atoms with Gasteiger partial charge in [-0.15, -0.1) is 20.4 Å². The van der Waals surface area contributed by atoms with Crippen LogP contribution in [0.2, 0.25) is 0 Å². The van der Waals surface area contributed by atoms with Crippen LogP contribution in [0.15, 0.2) is 156 Å². The van der Waals surface area contributed by atoms with Gasteiger partial charge in [-0.2, -0.15) is 0 Å². The number of thioether (sulfide) groups is 2. The highest BCUT2D eigenvalue weighted by Crippen LogP contribution is 2.57. The van der Waals surface area contributed by atoms with Gasteiger partial charge in [-0.25, -0.2) is 0 Å². The Balaban J connectivity index is 0.799. The van der Waals surface area contributed by atoms with Gasteiger partial charge in [-0.05, 0) is 192 Å². The van der Waals surface area contributed by atoms with Crippen LogP contribution in [0, 0.1) is 35.5 Å². The third-order valence-corrected chi connectivity index (χ3v) is 16.8. The largest absolute Gasteiger partial charge is 0.493 e. The van der Waals surface area contributed by atoms with Crippen LogP contribution in [0.1, 0.15) is 126 Å². The van der Waals surface area contributed by atoms with Crippen molar-refractivity contribution < 1.29 is 18.3 Å². The van der Waals surface area contributed by atoms with E-state index in [1.54, 1.807) is 0 Å². The number of aromatic nitrogens is 4. The number of fused-ring (bicyclic) bond motifs is 3. The number of rotatable bonds is 18. The summed E-state index contributed by atoms with van der Waals surface area (Å²) in [5.74, 6) is 18.4. The summed E-state index contributed by atoms with van der Waals surface area (Å²) in [7, 11) is 0. The summed E-state index contributed by atoms with van der Waals surface area (Å²) in [6.07, 6.45) is 9.52. The summed E-state index contributed by atoms with van der Waals surface area (Å²) < 4.78 is 25.7. The van der Waals surface area contributed by atoms with Crippen molar-refractivity contribution in [3.05, 3.63) is 181 Å². The van der Waals surface area contributed by atoms with Crippen molar-refractivity contribution in [2.24, 2.45) is 11.8 Å². The first kappa shape index (κ1) is 52.0. The van der Waals surface area contributed by atoms with Crippen LogP contribution in [0.3, 0.4) is 0 Å². The molecule has 0 saturated heterocycles. The lowest BCUT2D eigenvalue weighted by atomic mass is 10.0. The Hall–Kier alpha value is -7.50. The normalized spacial score (nSPS) is 13.4. The molecule has 0 N–H and O–H groups in total. The van der Waals surface area contributed by atoms with Gasteiger partial charge in [-0.3, -0.25) is 0 Å². The van der Waals surface area contributed by atoms with Crippen molar-refractivity contribution in [2.45, 2.75) is 92.9 Å². The molecular weight excluding hydrogens is 977 g/mol. The first-order valence-electron chi connectivity index (χ1n) is 26.7. The van der Waals surface area contributed by atoms with Crippen molar-refractivity contribution in [3.63, 3.8) is 0 Å². The number of nitrogens with zero attached hydrogens (tertiary/aromatic N) is 4. The van der Waals surface area contributed by atoms with Gasteiger partial charge < -0.3 is 18.3 Å². The fourth-order valence-corrected chi connectivity index (χ4v) is 11.9. The van der Waals surface area contributed by atoms with E-state index in [1.165, 1.54) is 80.4 Å². The average Bonchev–Trinajstić information content (AvgIpc) is 4.30. The lowest BCUT2D eigenvalue weighted by molar-refractivity contribution is 0.233. The molecule has 2 atom stereocenters. The summed E-state index contributed by atoms with van der Waals surface area (Å²) in [6, 6.07) is 44.8. The molecule has 0 amide bonds. The molecule has 10 rings (SSSR count). The van der Waals surface area contributed by atoms with E-state index in [0.717, 1.165) is 82.1 Å². The van der Waals surface area contributed by atoms with Gasteiger partial charge in [0.25, 0.3) is 0 Å². The number of unbranched alkanes of at least 4 members (excludes halogenated alkanes) is 2. The van der Waals surface area contributed by atoms with E-state index in [4.69, 9.17) is 18.3 Å². The summed E-state index contributed by atoms with van der Waals surface area (Å²) in [5.41, 5.74) is 13.0. The quantitative estimate of drug-likeness (QED) is 0.0773. The Morgan fingerprint density at radius 2 is 0.776 bits per heavy atom. The van der Waals surface area contributed by atoms with E-state index in [0.29, 0.717) is 35.4 Å². The van der Waals surface area contributed by atoms with E-state index in [1.807, 2.05) is 121 Å². The van der Waals surface area contributed by atoms with Gasteiger partial charge in [0, 0.05) is 50.1 Å². The number of hydrogen-bond acceptors (Lipinski definition) is 10. The van der Waals surface area contributed by atoms with Gasteiger partial charge in [0.15, 0.2) is 0 Å². The number of benzene rings is 6. The average molecular weight is 1040 g/mol. The van der Waals surface area contributed by atoms with E-state index in [9.17, 15) is 0 Å². The molecule has 0 spiro atoms. The molecular formula is C66H62N4O4S2. The predicted molar refractivity (Wildman–Crippen MR) is 311 cm³/mol. The predicted octanol–water partition coefficient (Wildman–Crippen LogP) is 17.5. The number of ether oxygens (including phenoxy) is 2. The fraction of sp³-hybridized carbons (Fsp3) is 0.273. The highest BCUT2D eigenvalue weighted by molar-refractivity contribution is 8.28. The highest BCUT2D eigenvalue weighted by atomic mass is 32.2. The lowest BCUT2D eigenvalue weighted by Gasteiger charge is -2.15. The Morgan fingerprint density at radius 1 is 0.434 bits per heavy atom. The van der Waals surface area contributed by atoms with E-state index < -0.39 is 0 Å². The fourth-order valence-electron chi connectivity index (χ4n) is 9.24. The smallest absolute Gasteiger partial charge is 0.248 e. The molecule has 0 radical (unpaired) electrons. The van der Waals surface area contributed by atoms with Gasteiger partial charge in [0.1, 0.15) is 11.5 Å². The van der Waals surface area contributed by atoms with Crippen LogP contribution in [0.5, 0.6) is 11.5 Å². The SMILES string of the molecule is CCCCC(CC)COc1ccc(-c2nnc(-c3ccc(C#Cc4ccc5c(c4)C(=C4SC(C)=C(C)S4)c4cc(C#Cc6ccc(-c7nnc(-c8ccc(OCC(CC)CCCC)cc8)o7)cc6)ccc4-5)cc3)o2)cc1. The molecule has 0 saturated carbocycles. The van der Waals surface area contributed by atoms with Gasteiger partial charge in [0.05, 0.1) is 17.5 Å². The molecule has 1 aliphatic heterocycles. The van der Waals surface area contributed by atoms with Crippen LogP contribution < -0.4 is 9.47 Å². The number of hydrogen-bond donors (Lipinski definition) is 0. The van der Waals surface area contributed by atoms with E-state index in [-0.39, 0.29) is 0 Å². The maximum absolute atomic E-state index is 6.12. The summed E-state index contributed by atoms with van der Waals surface area (Å²) in [5, 5.41) is 17.4. The Labute approximate surface area is 456 Å². The summed E-state index contributed by atoms with van der Waals surface area (Å²) in [6.45, 7) is 14.8. The van der Waals surface area contributed by atoms with Crippen LogP contribution in [0.4, 0.5) is 0 Å². The molecule has 382 valence electrons. The molecule has 2 aliphatic rings. The second-order valence-corrected chi connectivity index (χ2v) is 22.2. The molecule has 0 bridgehead atoms. The molecule has 2 aromatic heterocycles. The monoisotopic (exact) mass is 1040 g/mol. The maximum atomic E-state index is 6.12. The zero-order chi connectivity index (χ0) is 52.4. The number of allylic oxidation sites excluding steroid dienone is 2. The van der Waals surface area contributed by atoms with Crippen molar-refractivity contribution in [3.8, 4) is 92.1 Å². The summed E-state index contributed by atoms with van der Waals surface area (Å²) in [4.78, 5) is 2.65. The van der Waals surface area contributed by atoms with E-state index in [2.05, 4.69) is 122 Å². The second kappa shape index (κ2) is 24.4. The molecule has 2 unspecified atom stereocenters. The molecule has 6 aromatic carbocycles. The van der Waals surface area contributed by atoms with Crippen molar-refractivity contribution in [1.29, 1.82) is 0 Å². The zero-order valence-electron chi connectivity index (χ0n) is 44.2. The van der Waals surface area contributed by atoms with Crippen LogP contribution >= 0.6 is 23.5 Å². The Kier molecular flexibility index (Phi) is 16.7. The molecule has 0 fully saturated rings. The molecule has 1 aliphatic carbocycles. The standard InChI is InChI=1S/C66H62N4O4S2/c1-7-11-13-45(9-3)41-71-55-33-29-53(30-34-55)64-69-67-62(73-64)51-25-19-47(20-26-51)15-17-49-23-37-57-58-38-24-50(40-60(58)61(59(57)39-49)66-75-43(5)44(6)76-66)18-16-48-21-27-52(28-22-48)63-68-70-65(74-63)54-31-35-56(36-32-54)72-42-46(10-4)14-12-8-2/h19-40,45-46H,7-14,41-42H2,1-6H3. The minimum atomic E-state index is 0.458. The van der Waals surface area contributed by atoms with Crippen LogP contribution in [-0.4, -0.2) is 33.6 Å². The van der Waals surface area contributed by atoms with Gasteiger partial charge in [-0.1, -0.05) is 126 Å². The van der Waals surface area contributed by atoms with E-state index >= 15 is 0 Å². The Bertz CT molecular complexity index is 3280. The molecule has 76 heavy (non-hydrogen) atoms. The lowest BCUT2D eigenvalue weighted by Crippen LogP contribution is -2.11. The topological polar surface area (TPSA) is 96.3 Å². The van der Waals surface area contributed by atoms with Gasteiger partial charge in [0.2, 0.25) is 23.6 Å². The summed E-state index contributed by atoms with van der Waals surface area (Å²) >= 11 is 3.69. The Morgan fingerprint density at radius 3 is 1.13 bits per heavy atom. The molecule has 10 heteroatoms. The van der Waals surface area contributed by atoms with Crippen LogP contribution in [-0.2, 0) is 0 Å². The highest BCUT2D eigenvalue weighted by Gasteiger charge is 2.30. The van der Waals surface area contributed by atoms with Crippen molar-refractivity contribution in [2.75, 3.05) is 13.2 Å². The third-order valence-electron chi connectivity index (χ3n) is 14.1. The maximum Gasteiger partial charge on any atom is 0.248 e. The third kappa shape index (κ3) is 12.3. The molecule has 8 aromatic rings. The first-order valence-corrected chi connectivity index (χ1v) is 28.3. The van der Waals surface area contributed by atoms with Crippen LogP contribution in [0.25, 0.3) is 62.5 Å². The minimum Gasteiger partial charge on any atom is -0.493 e. The zero-order valence-corrected chi connectivity index (χ0v) is 45.8. The first-order chi connectivity index (χ1) is 37.2.